The molecule has 0 aromatic heterocycles. The van der Waals surface area contributed by atoms with Gasteiger partial charge in [-0.25, -0.2) is 0 Å². The first kappa shape index (κ1) is 18.5. The van der Waals surface area contributed by atoms with Crippen molar-refractivity contribution < 1.29 is 13.5 Å². The van der Waals surface area contributed by atoms with Crippen LogP contribution in [0, 0.1) is 0 Å². The summed E-state index contributed by atoms with van der Waals surface area (Å²) in [5.41, 5.74) is 3.48. The Labute approximate surface area is 156 Å². The first-order chi connectivity index (χ1) is 13.1. The molecule has 136 valence electrons. The summed E-state index contributed by atoms with van der Waals surface area (Å²) >= 11 is 0. The molecule has 0 aliphatic carbocycles. The Kier molecular flexibility index (Phi) is 6.05. The number of halogens is 2. The maximum absolute atomic E-state index is 12.6. The normalized spacial score (nSPS) is 11.3. The highest BCUT2D eigenvalue weighted by Crippen LogP contribution is 2.21. The minimum Gasteiger partial charge on any atom is -0.434 e. The zero-order chi connectivity index (χ0) is 19.1. The molecule has 0 bridgehead atoms. The number of hydrogen-bond donors (Lipinski definition) is 0. The Balaban J connectivity index is 2.02. The van der Waals surface area contributed by atoms with Crippen LogP contribution in [0.25, 0.3) is 0 Å². The van der Waals surface area contributed by atoms with Gasteiger partial charge in [0.15, 0.2) is 0 Å². The minimum atomic E-state index is -2.90. The monoisotopic (exact) mass is 364 g/mol. The van der Waals surface area contributed by atoms with Crippen LogP contribution in [0.15, 0.2) is 95.1 Å². The van der Waals surface area contributed by atoms with Crippen molar-refractivity contribution in [1.82, 2.24) is 0 Å². The molecule has 0 aliphatic rings. The van der Waals surface area contributed by atoms with E-state index in [1.807, 2.05) is 60.7 Å². The highest BCUT2D eigenvalue weighted by Gasteiger charge is 2.12. The molecule has 0 fully saturated rings. The van der Waals surface area contributed by atoms with Gasteiger partial charge >= 0.3 is 6.61 Å². The number of rotatable bonds is 6. The highest BCUT2D eigenvalue weighted by atomic mass is 19.3. The Morgan fingerprint density at radius 1 is 0.741 bits per heavy atom. The van der Waals surface area contributed by atoms with Crippen LogP contribution in [0.5, 0.6) is 5.75 Å². The van der Waals surface area contributed by atoms with E-state index in [1.165, 1.54) is 6.07 Å². The zero-order valence-electron chi connectivity index (χ0n) is 14.7. The van der Waals surface area contributed by atoms with Gasteiger partial charge in [0.1, 0.15) is 11.5 Å². The molecular weight excluding hydrogens is 346 g/mol. The standard InChI is InChI=1S/C22H18F2N2O/c1-16(19-14-8-9-15-20(19)27-22(23)24)25-26-21(17-10-4-2-5-11-17)18-12-6-3-7-13-18/h2-15,22H,1H3/b25-16-. The summed E-state index contributed by atoms with van der Waals surface area (Å²) in [5.74, 6) is 0.0740. The summed E-state index contributed by atoms with van der Waals surface area (Å²) in [7, 11) is 0. The molecule has 0 N–H and O–H groups in total. The van der Waals surface area contributed by atoms with Crippen LogP contribution in [0.1, 0.15) is 23.6 Å². The first-order valence-electron chi connectivity index (χ1n) is 8.42. The van der Waals surface area contributed by atoms with Crippen molar-refractivity contribution in [1.29, 1.82) is 0 Å². The minimum absolute atomic E-state index is 0.0740. The molecule has 0 aliphatic heterocycles. The van der Waals surface area contributed by atoms with Crippen LogP contribution in [-0.2, 0) is 0 Å². The maximum atomic E-state index is 12.6. The molecular formula is C22H18F2N2O. The summed E-state index contributed by atoms with van der Waals surface area (Å²) in [6.45, 7) is -1.18. The molecule has 0 heterocycles. The Hall–Kier alpha value is -3.34. The summed E-state index contributed by atoms with van der Waals surface area (Å²) in [5, 5.41) is 8.72. The van der Waals surface area contributed by atoms with Gasteiger partial charge in [0.2, 0.25) is 0 Å². The number of para-hydroxylation sites is 1. The van der Waals surface area contributed by atoms with Gasteiger partial charge in [-0.3, -0.25) is 0 Å². The van der Waals surface area contributed by atoms with E-state index in [9.17, 15) is 8.78 Å². The van der Waals surface area contributed by atoms with Crippen molar-refractivity contribution in [3.05, 3.63) is 102 Å². The Morgan fingerprint density at radius 2 is 1.26 bits per heavy atom. The Bertz CT molecular complexity index is 897. The van der Waals surface area contributed by atoms with Gasteiger partial charge in [0, 0.05) is 16.7 Å². The van der Waals surface area contributed by atoms with Crippen LogP contribution >= 0.6 is 0 Å². The first-order valence-corrected chi connectivity index (χ1v) is 8.42. The lowest BCUT2D eigenvalue weighted by molar-refractivity contribution is -0.0499. The van der Waals surface area contributed by atoms with Crippen molar-refractivity contribution in [3.8, 4) is 5.75 Å². The van der Waals surface area contributed by atoms with E-state index in [2.05, 4.69) is 14.9 Å². The lowest BCUT2D eigenvalue weighted by Crippen LogP contribution is -2.07. The van der Waals surface area contributed by atoms with Gasteiger partial charge in [-0.15, -0.1) is 5.10 Å². The van der Waals surface area contributed by atoms with Gasteiger partial charge in [-0.2, -0.15) is 13.9 Å². The summed E-state index contributed by atoms with van der Waals surface area (Å²) in [4.78, 5) is 0. The molecule has 0 atom stereocenters. The molecule has 0 saturated carbocycles. The van der Waals surface area contributed by atoms with E-state index in [0.717, 1.165) is 11.1 Å². The number of ether oxygens (including phenoxy) is 1. The molecule has 0 spiro atoms. The molecule has 3 nitrogen and oxygen atoms in total. The van der Waals surface area contributed by atoms with Crippen LogP contribution in [0.3, 0.4) is 0 Å². The van der Waals surface area contributed by atoms with Gasteiger partial charge < -0.3 is 4.74 Å². The topological polar surface area (TPSA) is 34.0 Å². The molecule has 0 saturated heterocycles. The molecule has 3 aromatic carbocycles. The van der Waals surface area contributed by atoms with E-state index < -0.39 is 6.61 Å². The molecule has 0 radical (unpaired) electrons. The zero-order valence-corrected chi connectivity index (χ0v) is 14.7. The SMILES string of the molecule is C/C(=N/N=C(c1ccccc1)c1ccccc1)c1ccccc1OC(F)F. The van der Waals surface area contributed by atoms with E-state index >= 15 is 0 Å². The van der Waals surface area contributed by atoms with Crippen molar-refractivity contribution >= 4 is 11.4 Å². The van der Waals surface area contributed by atoms with E-state index in [-0.39, 0.29) is 5.75 Å². The molecule has 5 heteroatoms. The lowest BCUT2D eigenvalue weighted by Gasteiger charge is -2.10. The highest BCUT2D eigenvalue weighted by molar-refractivity contribution is 6.13. The average Bonchev–Trinajstić information content (AvgIpc) is 2.69. The fourth-order valence-corrected chi connectivity index (χ4v) is 2.62. The van der Waals surface area contributed by atoms with Crippen molar-refractivity contribution in [2.75, 3.05) is 0 Å². The van der Waals surface area contributed by atoms with E-state index in [4.69, 9.17) is 0 Å². The third-order valence-electron chi connectivity index (χ3n) is 3.89. The van der Waals surface area contributed by atoms with Crippen molar-refractivity contribution in [2.45, 2.75) is 13.5 Å². The van der Waals surface area contributed by atoms with Gasteiger partial charge in [-0.05, 0) is 19.1 Å². The smallest absolute Gasteiger partial charge is 0.387 e. The van der Waals surface area contributed by atoms with Crippen LogP contribution < -0.4 is 4.74 Å². The Morgan fingerprint density at radius 3 is 1.81 bits per heavy atom. The second-order valence-corrected chi connectivity index (χ2v) is 5.74. The number of nitrogens with zero attached hydrogens (tertiary/aromatic N) is 2. The predicted molar refractivity (Wildman–Crippen MR) is 104 cm³/mol. The molecule has 3 rings (SSSR count). The summed E-state index contributed by atoms with van der Waals surface area (Å²) in [6, 6.07) is 25.9. The lowest BCUT2D eigenvalue weighted by atomic mass is 10.0. The van der Waals surface area contributed by atoms with Crippen LogP contribution in [0.4, 0.5) is 8.78 Å². The third kappa shape index (κ3) is 4.85. The largest absolute Gasteiger partial charge is 0.434 e. The molecule has 0 unspecified atom stereocenters. The fraction of sp³-hybridized carbons (Fsp3) is 0.0909. The molecule has 3 aromatic rings. The second-order valence-electron chi connectivity index (χ2n) is 5.74. The second kappa shape index (κ2) is 8.85. The van der Waals surface area contributed by atoms with E-state index in [0.29, 0.717) is 17.0 Å². The molecule has 0 amide bonds. The number of benzene rings is 3. The van der Waals surface area contributed by atoms with Crippen LogP contribution in [-0.4, -0.2) is 18.0 Å². The maximum Gasteiger partial charge on any atom is 0.387 e. The number of hydrogen-bond acceptors (Lipinski definition) is 3. The quantitative estimate of drug-likeness (QED) is 0.417. The summed E-state index contributed by atoms with van der Waals surface area (Å²) in [6.07, 6.45) is 0. The van der Waals surface area contributed by atoms with Gasteiger partial charge in [-0.1, -0.05) is 72.8 Å². The summed E-state index contributed by atoms with van der Waals surface area (Å²) < 4.78 is 29.8. The van der Waals surface area contributed by atoms with E-state index in [1.54, 1.807) is 25.1 Å². The average molecular weight is 364 g/mol. The van der Waals surface area contributed by atoms with Crippen molar-refractivity contribution in [2.24, 2.45) is 10.2 Å². The van der Waals surface area contributed by atoms with Gasteiger partial charge in [0.05, 0.1) is 5.71 Å². The number of alkyl halides is 2. The predicted octanol–water partition coefficient (Wildman–Crippen LogP) is 5.55. The van der Waals surface area contributed by atoms with Crippen molar-refractivity contribution in [3.63, 3.8) is 0 Å². The van der Waals surface area contributed by atoms with Crippen LogP contribution in [0.2, 0.25) is 0 Å². The van der Waals surface area contributed by atoms with Gasteiger partial charge in [0.25, 0.3) is 0 Å². The molecule has 27 heavy (non-hydrogen) atoms. The third-order valence-corrected chi connectivity index (χ3v) is 3.89. The fourth-order valence-electron chi connectivity index (χ4n) is 2.62.